The van der Waals surface area contributed by atoms with E-state index in [1.807, 2.05) is 6.92 Å². The van der Waals surface area contributed by atoms with Gasteiger partial charge in [0.25, 0.3) is 11.8 Å². The standard InChI is InChI=1S/C12H15NO2/c1-4-7-10-9(6-3)11(14)13(8-5-2)12(10)15/h4-5H,1-2,6-8H2,3H3. The molecule has 0 saturated carbocycles. The van der Waals surface area contributed by atoms with Crippen LogP contribution in [0.25, 0.3) is 0 Å². The fourth-order valence-corrected chi connectivity index (χ4v) is 1.69. The molecule has 0 bridgehead atoms. The highest BCUT2D eigenvalue weighted by Gasteiger charge is 2.35. The van der Waals surface area contributed by atoms with E-state index in [9.17, 15) is 9.59 Å². The molecule has 0 fully saturated rings. The molecule has 1 heterocycles. The zero-order valence-electron chi connectivity index (χ0n) is 8.95. The van der Waals surface area contributed by atoms with E-state index >= 15 is 0 Å². The molecule has 0 radical (unpaired) electrons. The van der Waals surface area contributed by atoms with Crippen LogP contribution in [0, 0.1) is 0 Å². The average molecular weight is 205 g/mol. The Morgan fingerprint density at radius 2 is 1.73 bits per heavy atom. The Morgan fingerprint density at radius 3 is 2.20 bits per heavy atom. The minimum Gasteiger partial charge on any atom is -0.271 e. The molecule has 80 valence electrons. The van der Waals surface area contributed by atoms with Gasteiger partial charge in [-0.25, -0.2) is 0 Å². The second-order valence-electron chi connectivity index (χ2n) is 3.31. The highest BCUT2D eigenvalue weighted by molar-refractivity contribution is 6.19. The number of imide groups is 1. The average Bonchev–Trinajstić information content (AvgIpc) is 2.44. The van der Waals surface area contributed by atoms with Crippen molar-refractivity contribution in [2.45, 2.75) is 19.8 Å². The first-order chi connectivity index (χ1) is 7.17. The van der Waals surface area contributed by atoms with Crippen molar-refractivity contribution in [3.05, 3.63) is 36.5 Å². The van der Waals surface area contributed by atoms with Crippen LogP contribution in [0.3, 0.4) is 0 Å². The van der Waals surface area contributed by atoms with E-state index in [1.165, 1.54) is 4.90 Å². The van der Waals surface area contributed by atoms with Crippen molar-refractivity contribution in [2.75, 3.05) is 6.54 Å². The topological polar surface area (TPSA) is 37.4 Å². The Hall–Kier alpha value is -1.64. The van der Waals surface area contributed by atoms with E-state index in [-0.39, 0.29) is 18.4 Å². The lowest BCUT2D eigenvalue weighted by atomic mass is 10.1. The lowest BCUT2D eigenvalue weighted by molar-refractivity contribution is -0.137. The monoisotopic (exact) mass is 205 g/mol. The van der Waals surface area contributed by atoms with Gasteiger partial charge in [0, 0.05) is 17.7 Å². The zero-order chi connectivity index (χ0) is 11.4. The number of hydrogen-bond donors (Lipinski definition) is 0. The number of nitrogens with zero attached hydrogens (tertiary/aromatic N) is 1. The number of hydrogen-bond acceptors (Lipinski definition) is 2. The molecular weight excluding hydrogens is 190 g/mol. The van der Waals surface area contributed by atoms with Crippen molar-refractivity contribution in [1.29, 1.82) is 0 Å². The molecule has 0 spiro atoms. The Kier molecular flexibility index (Phi) is 3.61. The third-order valence-corrected chi connectivity index (χ3v) is 2.38. The van der Waals surface area contributed by atoms with Gasteiger partial charge in [0.1, 0.15) is 0 Å². The normalized spacial score (nSPS) is 16.2. The van der Waals surface area contributed by atoms with Crippen LogP contribution in [0.4, 0.5) is 0 Å². The van der Waals surface area contributed by atoms with Crippen LogP contribution in [0.1, 0.15) is 19.8 Å². The first kappa shape index (κ1) is 11.4. The van der Waals surface area contributed by atoms with Crippen LogP contribution in [0.2, 0.25) is 0 Å². The quantitative estimate of drug-likeness (QED) is 0.507. The summed E-state index contributed by atoms with van der Waals surface area (Å²) in [5.74, 6) is -0.379. The summed E-state index contributed by atoms with van der Waals surface area (Å²) in [6.45, 7) is 9.27. The summed E-state index contributed by atoms with van der Waals surface area (Å²) < 4.78 is 0. The summed E-state index contributed by atoms with van der Waals surface area (Å²) in [4.78, 5) is 24.8. The van der Waals surface area contributed by atoms with Crippen molar-refractivity contribution in [1.82, 2.24) is 4.90 Å². The molecule has 1 aliphatic heterocycles. The van der Waals surface area contributed by atoms with E-state index in [2.05, 4.69) is 13.2 Å². The molecule has 1 rings (SSSR count). The van der Waals surface area contributed by atoms with E-state index < -0.39 is 0 Å². The van der Waals surface area contributed by atoms with Gasteiger partial charge in [-0.1, -0.05) is 19.1 Å². The molecule has 0 saturated heterocycles. The Morgan fingerprint density at radius 1 is 1.13 bits per heavy atom. The molecular formula is C12H15NO2. The van der Waals surface area contributed by atoms with E-state index in [0.717, 1.165) is 0 Å². The molecule has 0 aromatic heterocycles. The summed E-state index contributed by atoms with van der Waals surface area (Å²) in [5.41, 5.74) is 1.20. The minimum atomic E-state index is -0.198. The first-order valence-corrected chi connectivity index (χ1v) is 4.97. The van der Waals surface area contributed by atoms with Crippen molar-refractivity contribution in [3.63, 3.8) is 0 Å². The predicted octanol–water partition coefficient (Wildman–Crippen LogP) is 1.82. The minimum absolute atomic E-state index is 0.181. The molecule has 15 heavy (non-hydrogen) atoms. The van der Waals surface area contributed by atoms with Gasteiger partial charge in [0.15, 0.2) is 0 Å². The summed E-state index contributed by atoms with van der Waals surface area (Å²) in [6.07, 6.45) is 4.25. The molecule has 0 aromatic carbocycles. The Labute approximate surface area is 89.8 Å². The fraction of sp³-hybridized carbons (Fsp3) is 0.333. The van der Waals surface area contributed by atoms with Crippen LogP contribution in [0.15, 0.2) is 36.5 Å². The molecule has 0 atom stereocenters. The van der Waals surface area contributed by atoms with Gasteiger partial charge in [-0.05, 0) is 12.8 Å². The lowest BCUT2D eigenvalue weighted by Crippen LogP contribution is -2.31. The maximum atomic E-state index is 11.8. The van der Waals surface area contributed by atoms with Gasteiger partial charge >= 0.3 is 0 Å². The molecule has 0 aromatic rings. The van der Waals surface area contributed by atoms with Gasteiger partial charge in [-0.2, -0.15) is 0 Å². The maximum absolute atomic E-state index is 11.8. The van der Waals surface area contributed by atoms with Gasteiger partial charge in [0.05, 0.1) is 0 Å². The molecule has 3 heteroatoms. The number of carbonyl (C=O) groups is 2. The van der Waals surface area contributed by atoms with E-state index in [1.54, 1.807) is 12.2 Å². The third-order valence-electron chi connectivity index (χ3n) is 2.38. The van der Waals surface area contributed by atoms with Gasteiger partial charge in [-0.3, -0.25) is 14.5 Å². The van der Waals surface area contributed by atoms with Crippen LogP contribution in [-0.4, -0.2) is 23.3 Å². The molecule has 1 aliphatic rings. The largest absolute Gasteiger partial charge is 0.271 e. The number of amides is 2. The highest BCUT2D eigenvalue weighted by Crippen LogP contribution is 2.25. The van der Waals surface area contributed by atoms with Crippen LogP contribution in [0.5, 0.6) is 0 Å². The summed E-state index contributed by atoms with van der Waals surface area (Å²) in [6, 6.07) is 0. The number of carbonyl (C=O) groups excluding carboxylic acids is 2. The number of rotatable bonds is 5. The van der Waals surface area contributed by atoms with Crippen molar-refractivity contribution < 1.29 is 9.59 Å². The molecule has 0 unspecified atom stereocenters. The third kappa shape index (κ3) is 1.91. The van der Waals surface area contributed by atoms with Crippen molar-refractivity contribution in [3.8, 4) is 0 Å². The van der Waals surface area contributed by atoms with Crippen LogP contribution < -0.4 is 0 Å². The van der Waals surface area contributed by atoms with Gasteiger partial charge in [-0.15, -0.1) is 13.2 Å². The zero-order valence-corrected chi connectivity index (χ0v) is 8.95. The Bertz CT molecular complexity index is 353. The van der Waals surface area contributed by atoms with Crippen LogP contribution >= 0.6 is 0 Å². The lowest BCUT2D eigenvalue weighted by Gasteiger charge is -2.11. The maximum Gasteiger partial charge on any atom is 0.257 e. The molecule has 0 N–H and O–H groups in total. The Balaban J connectivity index is 3.04. The molecule has 2 amide bonds. The van der Waals surface area contributed by atoms with E-state index in [4.69, 9.17) is 0 Å². The second kappa shape index (κ2) is 4.73. The first-order valence-electron chi connectivity index (χ1n) is 4.97. The predicted molar refractivity (Wildman–Crippen MR) is 59.0 cm³/mol. The fourth-order valence-electron chi connectivity index (χ4n) is 1.69. The molecule has 0 aliphatic carbocycles. The van der Waals surface area contributed by atoms with Crippen molar-refractivity contribution >= 4 is 11.8 Å². The summed E-state index contributed by atoms with van der Waals surface area (Å²) in [7, 11) is 0. The highest BCUT2D eigenvalue weighted by atomic mass is 16.2. The van der Waals surface area contributed by atoms with Crippen LogP contribution in [-0.2, 0) is 9.59 Å². The summed E-state index contributed by atoms with van der Waals surface area (Å²) >= 11 is 0. The van der Waals surface area contributed by atoms with Gasteiger partial charge in [0.2, 0.25) is 0 Å². The van der Waals surface area contributed by atoms with Crippen molar-refractivity contribution in [2.24, 2.45) is 0 Å². The van der Waals surface area contributed by atoms with E-state index in [0.29, 0.717) is 24.0 Å². The smallest absolute Gasteiger partial charge is 0.257 e. The number of allylic oxidation sites excluding steroid dienone is 1. The van der Waals surface area contributed by atoms with Gasteiger partial charge < -0.3 is 0 Å². The molecule has 3 nitrogen and oxygen atoms in total. The second-order valence-corrected chi connectivity index (χ2v) is 3.31. The SMILES string of the molecule is C=CCC1=C(CC)C(=O)N(CC=C)C1=O. The summed E-state index contributed by atoms with van der Waals surface area (Å²) in [5, 5.41) is 0.